The molecule has 0 fully saturated rings. The third-order valence-electron chi connectivity index (χ3n) is 7.35. The molecule has 0 saturated heterocycles. The van der Waals surface area contributed by atoms with Gasteiger partial charge in [-0.3, -0.25) is 19.2 Å². The second-order valence-corrected chi connectivity index (χ2v) is 12.4. The summed E-state index contributed by atoms with van der Waals surface area (Å²) in [5, 5.41) is 3.17. The zero-order chi connectivity index (χ0) is 36.7. The quantitative estimate of drug-likeness (QED) is 0.0994. The minimum Gasteiger partial charge on any atom is -0.469 e. The van der Waals surface area contributed by atoms with E-state index in [1.54, 1.807) is 31.2 Å². The van der Waals surface area contributed by atoms with Crippen LogP contribution < -0.4 is 11.1 Å². The maximum atomic E-state index is 12.4. The van der Waals surface area contributed by atoms with Gasteiger partial charge in [0, 0.05) is 11.4 Å². The number of rotatable bonds is 9. The minimum absolute atomic E-state index is 0. The van der Waals surface area contributed by atoms with Gasteiger partial charge < -0.3 is 20.5 Å². The van der Waals surface area contributed by atoms with Crippen molar-refractivity contribution in [3.8, 4) is 0 Å². The molecule has 0 spiro atoms. The highest BCUT2D eigenvalue weighted by molar-refractivity contribution is 6.69. The molecule has 0 aliphatic heterocycles. The molecule has 0 aliphatic rings. The number of aryl methyl sites for hydroxylation is 2. The molecule has 0 aromatic heterocycles. The standard InChI is InChI=1S/C19H20ClNO3.C11H15NO2.C8H6Cl2O.CH4/c1-12-5-4-6-16(20)17(12)18(22)21-15-9-7-14(8-10-15)11-13(2)19(23)24-3;1-8(11(13)14-2)7-9-3-5-10(12)6-4-9;1-5-3-2-4-6(9)7(5)8(10)11;/h4-10,13H,11H2,1-3H3,(H,21,22);3-6,8H,7,12H2,1-2H3;2-4H,1H3;1H4. The van der Waals surface area contributed by atoms with E-state index in [0.29, 0.717) is 39.7 Å². The molecule has 2 atom stereocenters. The molecule has 268 valence electrons. The lowest BCUT2D eigenvalue weighted by molar-refractivity contribution is -0.145. The molecule has 0 bridgehead atoms. The van der Waals surface area contributed by atoms with Crippen LogP contribution in [0.5, 0.6) is 0 Å². The van der Waals surface area contributed by atoms with Crippen LogP contribution in [0.15, 0.2) is 84.9 Å². The summed E-state index contributed by atoms with van der Waals surface area (Å²) in [5.74, 6) is -0.970. The smallest absolute Gasteiger partial charge is 0.308 e. The lowest BCUT2D eigenvalue weighted by Crippen LogP contribution is -2.15. The Bertz CT molecular complexity index is 1690. The zero-order valence-electron chi connectivity index (χ0n) is 28.3. The molecule has 4 aromatic rings. The number of nitrogens with two attached hydrogens (primary N) is 1. The fourth-order valence-corrected chi connectivity index (χ4v) is 5.56. The van der Waals surface area contributed by atoms with Crippen molar-refractivity contribution < 1.29 is 28.7 Å². The average molecular weight is 744 g/mol. The first kappa shape index (κ1) is 43.7. The summed E-state index contributed by atoms with van der Waals surface area (Å²) >= 11 is 17.1. The first-order valence-corrected chi connectivity index (χ1v) is 16.4. The van der Waals surface area contributed by atoms with Crippen LogP contribution in [-0.2, 0) is 31.9 Å². The molecule has 4 rings (SSSR count). The number of hydrogen-bond acceptors (Lipinski definition) is 7. The maximum absolute atomic E-state index is 12.4. The van der Waals surface area contributed by atoms with E-state index in [-0.39, 0.29) is 37.1 Å². The van der Waals surface area contributed by atoms with E-state index in [2.05, 4.69) is 10.1 Å². The summed E-state index contributed by atoms with van der Waals surface area (Å²) < 4.78 is 9.37. The van der Waals surface area contributed by atoms with Crippen molar-refractivity contribution in [1.82, 2.24) is 0 Å². The van der Waals surface area contributed by atoms with Crippen LogP contribution in [0.3, 0.4) is 0 Å². The number of esters is 2. The van der Waals surface area contributed by atoms with Crippen LogP contribution in [0.2, 0.25) is 10.0 Å². The van der Waals surface area contributed by atoms with Gasteiger partial charge in [-0.15, -0.1) is 0 Å². The summed E-state index contributed by atoms with van der Waals surface area (Å²) in [6, 6.07) is 25.5. The van der Waals surface area contributed by atoms with Gasteiger partial charge >= 0.3 is 11.9 Å². The normalized spacial score (nSPS) is 11.1. The molecule has 0 saturated carbocycles. The van der Waals surface area contributed by atoms with Gasteiger partial charge in [0.25, 0.3) is 11.1 Å². The van der Waals surface area contributed by atoms with Crippen molar-refractivity contribution in [2.45, 2.75) is 48.0 Å². The summed E-state index contributed by atoms with van der Waals surface area (Å²) in [6.45, 7) is 7.31. The number of nitrogen functional groups attached to an aromatic ring is 1. The third-order valence-corrected chi connectivity index (χ3v) is 8.17. The second kappa shape index (κ2) is 21.7. The van der Waals surface area contributed by atoms with Crippen molar-refractivity contribution in [3.63, 3.8) is 0 Å². The van der Waals surface area contributed by atoms with E-state index in [1.807, 2.05) is 81.4 Å². The Morgan fingerprint density at radius 3 is 1.44 bits per heavy atom. The Morgan fingerprint density at radius 2 is 1.08 bits per heavy atom. The van der Waals surface area contributed by atoms with Gasteiger partial charge in [-0.05, 0) is 96.9 Å². The number of hydrogen-bond donors (Lipinski definition) is 2. The second-order valence-electron chi connectivity index (χ2n) is 11.3. The Hall–Kier alpha value is -4.37. The fraction of sp³-hybridized carbons (Fsp3) is 0.282. The van der Waals surface area contributed by atoms with Crippen molar-refractivity contribution in [3.05, 3.63) is 128 Å². The van der Waals surface area contributed by atoms with Crippen molar-refractivity contribution in [2.75, 3.05) is 25.3 Å². The first-order valence-electron chi connectivity index (χ1n) is 15.3. The van der Waals surface area contributed by atoms with Crippen molar-refractivity contribution in [1.29, 1.82) is 0 Å². The highest BCUT2D eigenvalue weighted by Gasteiger charge is 2.16. The molecule has 1 amide bonds. The highest BCUT2D eigenvalue weighted by atomic mass is 35.5. The van der Waals surface area contributed by atoms with Crippen LogP contribution in [0.1, 0.15) is 64.2 Å². The summed E-state index contributed by atoms with van der Waals surface area (Å²) in [5.41, 5.74) is 11.6. The SMILES string of the molecule is C.COC(=O)C(C)Cc1ccc(N)cc1.COC(=O)C(C)Cc1ccc(NC(=O)c2c(C)cccc2Cl)cc1.Cc1cccc(Cl)c1C(=O)Cl. The van der Waals surface area contributed by atoms with Gasteiger partial charge in [-0.2, -0.15) is 0 Å². The van der Waals surface area contributed by atoms with Gasteiger partial charge in [0.05, 0.1) is 47.2 Å². The molecule has 0 radical (unpaired) electrons. The fourth-order valence-electron chi connectivity index (χ4n) is 4.65. The van der Waals surface area contributed by atoms with Gasteiger partial charge in [0.2, 0.25) is 0 Å². The number of halogens is 3. The summed E-state index contributed by atoms with van der Waals surface area (Å²) in [7, 11) is 2.79. The van der Waals surface area contributed by atoms with Crippen LogP contribution in [-0.4, -0.2) is 37.3 Å². The molecular formula is C39H45Cl3N2O6. The molecular weight excluding hydrogens is 699 g/mol. The monoisotopic (exact) mass is 742 g/mol. The third kappa shape index (κ3) is 13.9. The summed E-state index contributed by atoms with van der Waals surface area (Å²) in [4.78, 5) is 45.8. The molecule has 8 nitrogen and oxygen atoms in total. The Kier molecular flexibility index (Phi) is 18.9. The number of nitrogens with one attached hydrogen (secondary N) is 1. The molecule has 3 N–H and O–H groups in total. The largest absolute Gasteiger partial charge is 0.469 e. The number of methoxy groups -OCH3 is 2. The van der Waals surface area contributed by atoms with Crippen LogP contribution >= 0.6 is 34.8 Å². The van der Waals surface area contributed by atoms with E-state index in [1.165, 1.54) is 14.2 Å². The van der Waals surface area contributed by atoms with E-state index in [4.69, 9.17) is 45.3 Å². The minimum atomic E-state index is -0.506. The van der Waals surface area contributed by atoms with E-state index >= 15 is 0 Å². The topological polar surface area (TPSA) is 125 Å². The highest BCUT2D eigenvalue weighted by Crippen LogP contribution is 2.22. The van der Waals surface area contributed by atoms with Crippen molar-refractivity contribution in [2.24, 2.45) is 11.8 Å². The predicted molar refractivity (Wildman–Crippen MR) is 204 cm³/mol. The first-order chi connectivity index (χ1) is 23.2. The number of ether oxygens (including phenoxy) is 2. The number of amides is 1. The molecule has 4 aromatic carbocycles. The molecule has 0 heterocycles. The number of benzene rings is 4. The average Bonchev–Trinajstić information content (AvgIpc) is 3.06. The lowest BCUT2D eigenvalue weighted by atomic mass is 10.0. The Labute approximate surface area is 310 Å². The zero-order valence-corrected chi connectivity index (χ0v) is 30.6. The van der Waals surface area contributed by atoms with E-state index in [0.717, 1.165) is 27.9 Å². The molecule has 2 unspecified atom stereocenters. The van der Waals surface area contributed by atoms with Crippen molar-refractivity contribution >= 4 is 69.3 Å². The van der Waals surface area contributed by atoms with Gasteiger partial charge in [0.15, 0.2) is 0 Å². The van der Waals surface area contributed by atoms with Gasteiger partial charge in [0.1, 0.15) is 0 Å². The molecule has 50 heavy (non-hydrogen) atoms. The summed E-state index contributed by atoms with van der Waals surface area (Å²) in [6.07, 6.45) is 1.28. The Balaban J connectivity index is 0.000000408. The Morgan fingerprint density at radius 1 is 0.680 bits per heavy atom. The van der Waals surface area contributed by atoms with E-state index in [9.17, 15) is 19.2 Å². The van der Waals surface area contributed by atoms with Gasteiger partial charge in [-0.1, -0.05) is 93.0 Å². The molecule has 11 heteroatoms. The molecule has 0 aliphatic carbocycles. The van der Waals surface area contributed by atoms with Gasteiger partial charge in [-0.25, -0.2) is 0 Å². The van der Waals surface area contributed by atoms with Crippen LogP contribution in [0.25, 0.3) is 0 Å². The number of carbonyl (C=O) groups excluding carboxylic acids is 4. The lowest BCUT2D eigenvalue weighted by Gasteiger charge is -2.11. The van der Waals surface area contributed by atoms with Crippen LogP contribution in [0.4, 0.5) is 11.4 Å². The predicted octanol–water partition coefficient (Wildman–Crippen LogP) is 9.54. The van der Waals surface area contributed by atoms with Crippen LogP contribution in [0, 0.1) is 25.7 Å². The number of anilines is 2. The number of carbonyl (C=O) groups is 4. The van der Waals surface area contributed by atoms with E-state index < -0.39 is 5.24 Å². The maximum Gasteiger partial charge on any atom is 0.308 e.